The first kappa shape index (κ1) is 32.1. The summed E-state index contributed by atoms with van der Waals surface area (Å²) in [4.78, 5) is 0. The fourth-order valence-corrected chi connectivity index (χ4v) is 11.3. The zero-order chi connectivity index (χ0) is 38.6. The smallest absolute Gasteiger partial charge is 0.000698 e. The molecule has 0 aromatic heterocycles. The summed E-state index contributed by atoms with van der Waals surface area (Å²) in [7, 11) is 0. The van der Waals surface area contributed by atoms with Gasteiger partial charge in [0.15, 0.2) is 0 Å². The van der Waals surface area contributed by atoms with Crippen LogP contribution in [0.15, 0.2) is 158 Å². The van der Waals surface area contributed by atoms with Gasteiger partial charge in [0.25, 0.3) is 0 Å². The van der Waals surface area contributed by atoms with Crippen molar-refractivity contribution in [1.82, 2.24) is 0 Å². The first-order valence-corrected chi connectivity index (χ1v) is 20.6. The maximum Gasteiger partial charge on any atom is -0.000698 e. The van der Waals surface area contributed by atoms with Gasteiger partial charge < -0.3 is 0 Å². The first-order chi connectivity index (χ1) is 28.4. The van der Waals surface area contributed by atoms with Crippen molar-refractivity contribution in [1.29, 1.82) is 0 Å². The molecule has 58 heavy (non-hydrogen) atoms. The minimum atomic E-state index is 1.27. The molecule has 0 spiro atoms. The lowest BCUT2D eigenvalue weighted by molar-refractivity contribution is 1.38. The van der Waals surface area contributed by atoms with Crippen LogP contribution in [0.3, 0.4) is 0 Å². The molecule has 13 rings (SSSR count). The van der Waals surface area contributed by atoms with Gasteiger partial charge in [0.1, 0.15) is 0 Å². The Hall–Kier alpha value is -7.02. The van der Waals surface area contributed by atoms with Crippen LogP contribution >= 0.6 is 0 Å². The van der Waals surface area contributed by atoms with Gasteiger partial charge in [0, 0.05) is 0 Å². The Morgan fingerprint density at radius 2 is 0.655 bits per heavy atom. The van der Waals surface area contributed by atoms with E-state index in [1.165, 1.54) is 153 Å². The summed E-state index contributed by atoms with van der Waals surface area (Å²) in [6.45, 7) is 9.22. The molecule has 0 radical (unpaired) electrons. The monoisotopic (exact) mass is 734 g/mol. The number of benzene rings is 12. The van der Waals surface area contributed by atoms with Gasteiger partial charge in [-0.05, 0) is 211 Å². The molecule has 0 N–H and O–H groups in total. The molecule has 1 aliphatic carbocycles. The molecule has 0 atom stereocenters. The number of hydrogen-bond donors (Lipinski definition) is 0. The molecular weight excluding hydrogens is 697 g/mol. The highest BCUT2D eigenvalue weighted by molar-refractivity contribution is 6.37. The van der Waals surface area contributed by atoms with E-state index < -0.39 is 0 Å². The first-order valence-electron chi connectivity index (χ1n) is 20.6. The molecular formula is C58H38. The Morgan fingerprint density at radius 1 is 0.224 bits per heavy atom. The SMILES string of the molecule is Cc1cccc(C)c1-c1c2c(c(-c3c(C)cccc3C)c3cc4c5cc6ccccc6cc5c5ccccc5c4cc13)-c1cc3cccc4ccc5ccc-2c1c5c43. The van der Waals surface area contributed by atoms with Crippen LogP contribution in [-0.4, -0.2) is 0 Å². The molecule has 0 saturated heterocycles. The van der Waals surface area contributed by atoms with E-state index in [-0.39, 0.29) is 0 Å². The molecule has 12 aromatic carbocycles. The summed E-state index contributed by atoms with van der Waals surface area (Å²) >= 11 is 0. The van der Waals surface area contributed by atoms with Crippen molar-refractivity contribution in [3.05, 3.63) is 180 Å². The van der Waals surface area contributed by atoms with Crippen molar-refractivity contribution in [2.75, 3.05) is 0 Å². The second kappa shape index (κ2) is 11.3. The molecule has 270 valence electrons. The Bertz CT molecular complexity index is 3780. The average Bonchev–Trinajstić information content (AvgIpc) is 3.57. The molecule has 0 aliphatic heterocycles. The van der Waals surface area contributed by atoms with Gasteiger partial charge in [-0.25, -0.2) is 0 Å². The van der Waals surface area contributed by atoms with Crippen LogP contribution in [0.5, 0.6) is 0 Å². The van der Waals surface area contributed by atoms with Gasteiger partial charge in [-0.15, -0.1) is 0 Å². The van der Waals surface area contributed by atoms with Crippen molar-refractivity contribution in [2.24, 2.45) is 0 Å². The summed E-state index contributed by atoms with van der Waals surface area (Å²) in [5.74, 6) is 0. The van der Waals surface area contributed by atoms with Crippen LogP contribution in [-0.2, 0) is 0 Å². The fourth-order valence-electron chi connectivity index (χ4n) is 11.3. The van der Waals surface area contributed by atoms with Crippen LogP contribution < -0.4 is 0 Å². The minimum absolute atomic E-state index is 1.27. The third-order valence-electron chi connectivity index (χ3n) is 13.8. The molecule has 0 nitrogen and oxygen atoms in total. The van der Waals surface area contributed by atoms with Gasteiger partial charge in [-0.3, -0.25) is 0 Å². The van der Waals surface area contributed by atoms with E-state index in [9.17, 15) is 0 Å². The van der Waals surface area contributed by atoms with Gasteiger partial charge in [-0.1, -0.05) is 127 Å². The van der Waals surface area contributed by atoms with Crippen LogP contribution in [0, 0.1) is 27.7 Å². The maximum atomic E-state index is 2.59. The Kier molecular flexibility index (Phi) is 6.26. The number of hydrogen-bond acceptors (Lipinski definition) is 0. The molecule has 1 aliphatic rings. The molecule has 0 heteroatoms. The quantitative estimate of drug-likeness (QED) is 0.123. The molecule has 0 saturated carbocycles. The van der Waals surface area contributed by atoms with Gasteiger partial charge in [-0.2, -0.15) is 0 Å². The number of rotatable bonds is 2. The van der Waals surface area contributed by atoms with Crippen LogP contribution in [0.2, 0.25) is 0 Å². The van der Waals surface area contributed by atoms with Crippen molar-refractivity contribution in [3.8, 4) is 44.5 Å². The van der Waals surface area contributed by atoms with E-state index in [1.54, 1.807) is 0 Å². The van der Waals surface area contributed by atoms with E-state index in [2.05, 4.69) is 185 Å². The lowest BCUT2D eigenvalue weighted by Crippen LogP contribution is -1.99. The molecule has 0 heterocycles. The zero-order valence-electron chi connectivity index (χ0n) is 33.0. The molecule has 0 amide bonds. The third kappa shape index (κ3) is 4.04. The largest absolute Gasteiger partial charge is 0.0617 e. The summed E-state index contributed by atoms with van der Waals surface area (Å²) in [6, 6.07) is 60.4. The highest BCUT2D eigenvalue weighted by Gasteiger charge is 2.34. The summed E-state index contributed by atoms with van der Waals surface area (Å²) in [6.07, 6.45) is 0. The molecule has 0 fully saturated rings. The third-order valence-corrected chi connectivity index (χ3v) is 13.8. The van der Waals surface area contributed by atoms with Gasteiger partial charge >= 0.3 is 0 Å². The topological polar surface area (TPSA) is 0 Å². The van der Waals surface area contributed by atoms with Crippen molar-refractivity contribution in [2.45, 2.75) is 27.7 Å². The van der Waals surface area contributed by atoms with E-state index in [1.807, 2.05) is 0 Å². The van der Waals surface area contributed by atoms with Crippen molar-refractivity contribution in [3.63, 3.8) is 0 Å². The standard InChI is InChI=1S/C58H38/c1-31-12-9-13-32(2)50(31)56-47-29-45-41-21-8-7-20-40(41)43-26-37-16-5-6-17-38(37)27-44(43)46(45)30-48(47)57(51-33(3)14-10-15-34(51)4)58-49-28-39-19-11-18-35-22-23-36-24-25-42(55(56)58)54(49)53(36)52(35)39/h5-30H,1-4H3. The normalized spacial score (nSPS) is 12.5. The molecule has 12 aromatic rings. The van der Waals surface area contributed by atoms with Crippen LogP contribution in [0.4, 0.5) is 0 Å². The van der Waals surface area contributed by atoms with Crippen molar-refractivity contribution < 1.29 is 0 Å². The lowest BCUT2D eigenvalue weighted by Gasteiger charge is -2.25. The second-order valence-electron chi connectivity index (χ2n) is 16.9. The summed E-state index contributed by atoms with van der Waals surface area (Å²) < 4.78 is 0. The van der Waals surface area contributed by atoms with Crippen LogP contribution in [0.25, 0.3) is 131 Å². The predicted molar refractivity (Wildman–Crippen MR) is 252 cm³/mol. The van der Waals surface area contributed by atoms with E-state index in [0.29, 0.717) is 0 Å². The summed E-state index contributed by atoms with van der Waals surface area (Å²) in [5.41, 5.74) is 16.0. The van der Waals surface area contributed by atoms with Crippen LogP contribution in [0.1, 0.15) is 22.3 Å². The number of aryl methyl sites for hydroxylation is 4. The van der Waals surface area contributed by atoms with E-state index in [4.69, 9.17) is 0 Å². The Morgan fingerprint density at radius 3 is 1.26 bits per heavy atom. The Labute approximate surface area is 336 Å². The molecule has 0 unspecified atom stereocenters. The van der Waals surface area contributed by atoms with Gasteiger partial charge in [0.05, 0.1) is 0 Å². The maximum absolute atomic E-state index is 2.59. The molecule has 0 bridgehead atoms. The zero-order valence-corrected chi connectivity index (χ0v) is 33.0. The predicted octanol–water partition coefficient (Wildman–Crippen LogP) is 16.6. The van der Waals surface area contributed by atoms with E-state index in [0.717, 1.165) is 0 Å². The fraction of sp³-hybridized carbons (Fsp3) is 0.0690. The van der Waals surface area contributed by atoms with E-state index >= 15 is 0 Å². The average molecular weight is 735 g/mol. The number of fused-ring (bicyclic) bond motifs is 11. The highest BCUT2D eigenvalue weighted by Crippen LogP contribution is 2.61. The minimum Gasteiger partial charge on any atom is -0.0617 e. The van der Waals surface area contributed by atoms with Gasteiger partial charge in [0.2, 0.25) is 0 Å². The van der Waals surface area contributed by atoms with Crippen molar-refractivity contribution >= 4 is 86.2 Å². The summed E-state index contributed by atoms with van der Waals surface area (Å²) in [5, 5.41) is 21.0. The Balaban J connectivity index is 1.35. The highest BCUT2D eigenvalue weighted by atomic mass is 14.4. The lowest BCUT2D eigenvalue weighted by atomic mass is 9.78. The second-order valence-corrected chi connectivity index (χ2v) is 16.9.